The first-order valence-corrected chi connectivity index (χ1v) is 8.52. The van der Waals surface area contributed by atoms with Crippen molar-refractivity contribution >= 4 is 0 Å². The molecule has 0 radical (unpaired) electrons. The van der Waals surface area contributed by atoms with Gasteiger partial charge in [-0.05, 0) is 38.0 Å². The summed E-state index contributed by atoms with van der Waals surface area (Å²) < 4.78 is 50.9. The van der Waals surface area contributed by atoms with E-state index in [9.17, 15) is 13.2 Å². The lowest BCUT2D eigenvalue weighted by molar-refractivity contribution is -0.137. The lowest BCUT2D eigenvalue weighted by atomic mass is 9.79. The first kappa shape index (κ1) is 18.6. The first-order chi connectivity index (χ1) is 12.2. The van der Waals surface area contributed by atoms with Crippen LogP contribution in [0.25, 0.3) is 0 Å². The highest BCUT2D eigenvalue weighted by atomic mass is 19.4. The lowest BCUT2D eigenvalue weighted by Gasteiger charge is -2.38. The van der Waals surface area contributed by atoms with Crippen molar-refractivity contribution in [3.63, 3.8) is 0 Å². The van der Waals surface area contributed by atoms with E-state index in [-0.39, 0.29) is 5.92 Å². The molecule has 26 heavy (non-hydrogen) atoms. The van der Waals surface area contributed by atoms with Gasteiger partial charge in [-0.15, -0.1) is 0 Å². The molecule has 0 aliphatic carbocycles. The van der Waals surface area contributed by atoms with Crippen LogP contribution in [0.2, 0.25) is 0 Å². The van der Waals surface area contributed by atoms with E-state index in [1.54, 1.807) is 18.2 Å². The molecule has 3 rings (SSSR count). The van der Waals surface area contributed by atoms with Crippen molar-refractivity contribution in [3.05, 3.63) is 59.2 Å². The summed E-state index contributed by atoms with van der Waals surface area (Å²) in [6.45, 7) is 4.66. The van der Waals surface area contributed by atoms with Crippen LogP contribution in [-0.4, -0.2) is 18.8 Å². The lowest BCUT2D eigenvalue weighted by Crippen LogP contribution is -2.35. The predicted molar refractivity (Wildman–Crippen MR) is 93.6 cm³/mol. The monoisotopic (exact) mass is 365 g/mol. The number of fused-ring (bicyclic) bond motifs is 1. The number of benzene rings is 2. The molecular weight excluding hydrogens is 343 g/mol. The van der Waals surface area contributed by atoms with Gasteiger partial charge >= 0.3 is 6.18 Å². The van der Waals surface area contributed by atoms with Gasteiger partial charge in [0.2, 0.25) is 0 Å². The molecule has 1 unspecified atom stereocenters. The summed E-state index contributed by atoms with van der Waals surface area (Å²) in [5, 5.41) is 0. The first-order valence-electron chi connectivity index (χ1n) is 8.52. The molecule has 6 heteroatoms. The second-order valence-electron chi connectivity index (χ2n) is 7.08. The van der Waals surface area contributed by atoms with Crippen molar-refractivity contribution in [1.29, 1.82) is 0 Å². The number of hydrogen-bond donors (Lipinski definition) is 1. The molecule has 0 saturated carbocycles. The highest BCUT2D eigenvalue weighted by Gasteiger charge is 2.36. The SMILES string of the molecule is CC1(C)CC(c2cccc(C(F)(F)F)c2)c2ccc(OCCN)cc2O1. The average Bonchev–Trinajstić information content (AvgIpc) is 2.57. The third-order valence-electron chi connectivity index (χ3n) is 4.45. The van der Waals surface area contributed by atoms with Crippen molar-refractivity contribution in [2.24, 2.45) is 5.73 Å². The fraction of sp³-hybridized carbons (Fsp3) is 0.400. The van der Waals surface area contributed by atoms with Crippen LogP contribution in [0, 0.1) is 0 Å². The maximum absolute atomic E-state index is 13.1. The summed E-state index contributed by atoms with van der Waals surface area (Å²) in [7, 11) is 0. The summed E-state index contributed by atoms with van der Waals surface area (Å²) in [4.78, 5) is 0. The predicted octanol–water partition coefficient (Wildman–Crippen LogP) is 4.74. The quantitative estimate of drug-likeness (QED) is 0.851. The molecule has 0 saturated heterocycles. The highest BCUT2D eigenvalue weighted by molar-refractivity contribution is 5.49. The average molecular weight is 365 g/mol. The Morgan fingerprint density at radius 1 is 1.19 bits per heavy atom. The summed E-state index contributed by atoms with van der Waals surface area (Å²) in [6, 6.07) is 11.0. The third-order valence-corrected chi connectivity index (χ3v) is 4.45. The van der Waals surface area contributed by atoms with Crippen molar-refractivity contribution in [3.8, 4) is 11.5 Å². The van der Waals surface area contributed by atoms with E-state index in [1.165, 1.54) is 12.1 Å². The number of halogens is 3. The molecule has 140 valence electrons. The number of nitrogens with two attached hydrogens (primary N) is 1. The van der Waals surface area contributed by atoms with E-state index in [1.807, 2.05) is 19.9 Å². The third kappa shape index (κ3) is 3.96. The van der Waals surface area contributed by atoms with Crippen LogP contribution in [-0.2, 0) is 6.18 Å². The van der Waals surface area contributed by atoms with Crippen molar-refractivity contribution in [2.45, 2.75) is 38.0 Å². The van der Waals surface area contributed by atoms with Gasteiger partial charge in [0.05, 0.1) is 5.56 Å². The van der Waals surface area contributed by atoms with Gasteiger partial charge in [-0.25, -0.2) is 0 Å². The maximum atomic E-state index is 13.1. The normalized spacial score (nSPS) is 18.8. The molecule has 1 aliphatic heterocycles. The number of hydrogen-bond acceptors (Lipinski definition) is 3. The Balaban J connectivity index is 2.01. The second-order valence-corrected chi connectivity index (χ2v) is 7.08. The van der Waals surface area contributed by atoms with E-state index in [0.29, 0.717) is 36.6 Å². The maximum Gasteiger partial charge on any atom is 0.416 e. The van der Waals surface area contributed by atoms with Crippen LogP contribution >= 0.6 is 0 Å². The van der Waals surface area contributed by atoms with E-state index in [0.717, 1.165) is 11.6 Å². The molecule has 0 amide bonds. The molecule has 3 nitrogen and oxygen atoms in total. The standard InChI is InChI=1S/C20H22F3NO2/c1-19(2)12-17(13-4-3-5-14(10-13)20(21,22)23)16-7-6-15(25-9-8-24)11-18(16)26-19/h3-7,10-11,17H,8-9,12,24H2,1-2H3. The Morgan fingerprint density at radius 3 is 2.65 bits per heavy atom. The van der Waals surface area contributed by atoms with Crippen molar-refractivity contribution in [1.82, 2.24) is 0 Å². The van der Waals surface area contributed by atoms with Crippen LogP contribution in [0.3, 0.4) is 0 Å². The van der Waals surface area contributed by atoms with Gasteiger partial charge in [0.25, 0.3) is 0 Å². The second kappa shape index (κ2) is 6.83. The molecule has 1 heterocycles. The zero-order chi connectivity index (χ0) is 18.9. The smallest absolute Gasteiger partial charge is 0.416 e. The number of alkyl halides is 3. The van der Waals surface area contributed by atoms with Crippen LogP contribution in [0.1, 0.15) is 42.9 Å². The molecule has 2 aromatic carbocycles. The van der Waals surface area contributed by atoms with Gasteiger partial charge in [-0.2, -0.15) is 13.2 Å². The van der Waals surface area contributed by atoms with E-state index < -0.39 is 17.3 Å². The zero-order valence-corrected chi connectivity index (χ0v) is 14.8. The van der Waals surface area contributed by atoms with E-state index in [4.69, 9.17) is 15.2 Å². The number of rotatable bonds is 4. The van der Waals surface area contributed by atoms with Crippen molar-refractivity contribution in [2.75, 3.05) is 13.2 Å². The van der Waals surface area contributed by atoms with Gasteiger partial charge in [0.1, 0.15) is 23.7 Å². The molecule has 0 spiro atoms. The minimum Gasteiger partial charge on any atom is -0.492 e. The molecule has 2 aromatic rings. The Hall–Kier alpha value is -2.21. The van der Waals surface area contributed by atoms with Crippen LogP contribution in [0.15, 0.2) is 42.5 Å². The summed E-state index contributed by atoms with van der Waals surface area (Å²) in [5.74, 6) is 1.09. The Bertz CT molecular complexity index is 787. The largest absolute Gasteiger partial charge is 0.492 e. The zero-order valence-electron chi connectivity index (χ0n) is 14.8. The summed E-state index contributed by atoms with van der Waals surface area (Å²) in [5.41, 5.74) is 5.82. The Morgan fingerprint density at radius 2 is 1.96 bits per heavy atom. The summed E-state index contributed by atoms with van der Waals surface area (Å²) in [6.07, 6.45) is -3.77. The van der Waals surface area contributed by atoms with Gasteiger partial charge in [0.15, 0.2) is 0 Å². The van der Waals surface area contributed by atoms with E-state index in [2.05, 4.69) is 0 Å². The highest BCUT2D eigenvalue weighted by Crippen LogP contribution is 2.46. The summed E-state index contributed by atoms with van der Waals surface area (Å²) >= 11 is 0. The van der Waals surface area contributed by atoms with Gasteiger partial charge in [0, 0.05) is 24.1 Å². The van der Waals surface area contributed by atoms with Gasteiger partial charge in [-0.1, -0.05) is 24.3 Å². The van der Waals surface area contributed by atoms with E-state index >= 15 is 0 Å². The van der Waals surface area contributed by atoms with Gasteiger partial charge < -0.3 is 15.2 Å². The fourth-order valence-corrected chi connectivity index (χ4v) is 3.33. The van der Waals surface area contributed by atoms with Crippen LogP contribution in [0.5, 0.6) is 11.5 Å². The minimum atomic E-state index is -4.36. The molecule has 1 aliphatic rings. The Kier molecular flexibility index (Phi) is 4.88. The van der Waals surface area contributed by atoms with Crippen molar-refractivity contribution < 1.29 is 22.6 Å². The Labute approximate surface area is 150 Å². The molecule has 2 N–H and O–H groups in total. The minimum absolute atomic E-state index is 0.181. The topological polar surface area (TPSA) is 44.5 Å². The fourth-order valence-electron chi connectivity index (χ4n) is 3.33. The molecular formula is C20H22F3NO2. The molecule has 0 fully saturated rings. The van der Waals surface area contributed by atoms with Crippen LogP contribution in [0.4, 0.5) is 13.2 Å². The molecule has 1 atom stereocenters. The van der Waals surface area contributed by atoms with Gasteiger partial charge in [-0.3, -0.25) is 0 Å². The molecule has 0 bridgehead atoms. The number of ether oxygens (including phenoxy) is 2. The molecule has 0 aromatic heterocycles. The van der Waals surface area contributed by atoms with Crippen LogP contribution < -0.4 is 15.2 Å².